The number of nitrogens with zero attached hydrogens (tertiary/aromatic N) is 20. The van der Waals surface area contributed by atoms with Crippen molar-refractivity contribution in [1.29, 1.82) is 0 Å². The number of aromatic nitrogens is 8. The quantitative estimate of drug-likeness (QED) is 0.00466. The fourth-order valence-corrected chi connectivity index (χ4v) is 45.0. The SMILES string of the molecule is CC(=O)NCCC[Si](C)(C)Cl.CC(=O)NCCC[Si](C)(C)O[Si](C)(C)CCCNC(C)=O.CC(=O)NCCC[Si](C)(C)O[Si](C)(C)CSc1ncc(COCCN=[N+]=[N-])cn1.C[Si](C)(CSc1ncc(COCCN=[N+]=[N-])cn1)O[Si](C)(C)CSc1ncc(COCCN=[N+]=[N-])cn1.C[Si](C)(Cl)CSc1ncc(COCCN=[N+]=[N-])cn1. The second kappa shape index (κ2) is 62.9. The molecule has 0 unspecified atom stereocenters. The van der Waals surface area contributed by atoms with Crippen molar-refractivity contribution in [3.63, 3.8) is 0 Å². The molecule has 0 atom stereocenters. The number of hydrogen-bond acceptors (Lipinski definition) is 27. The van der Waals surface area contributed by atoms with E-state index in [1.54, 1.807) is 117 Å². The minimum Gasteiger partial charge on any atom is -0.455 e. The zero-order chi connectivity index (χ0) is 88.3. The van der Waals surface area contributed by atoms with E-state index >= 15 is 0 Å². The first-order valence-electron chi connectivity index (χ1n) is 38.4. The largest absolute Gasteiger partial charge is 0.455 e. The van der Waals surface area contributed by atoms with Gasteiger partial charge >= 0.3 is 0 Å². The first-order valence-corrected chi connectivity index (χ1v) is 69.5. The second-order valence-corrected chi connectivity index (χ2v) is 77.1. The number of azide groups is 4. The number of hydrogen-bond donors (Lipinski definition) is 4. The van der Waals surface area contributed by atoms with Crippen LogP contribution in [0.25, 0.3) is 41.8 Å². The van der Waals surface area contributed by atoms with Crippen LogP contribution in [0.1, 0.15) is 75.6 Å². The number of thioether (sulfide) groups is 4. The molecule has 117 heavy (non-hydrogen) atoms. The third kappa shape index (κ3) is 70.2. The first-order chi connectivity index (χ1) is 54.8. The molecule has 4 aromatic rings. The third-order valence-corrected chi connectivity index (χ3v) is 50.9. The summed E-state index contributed by atoms with van der Waals surface area (Å²) in [7, 11) is -13.9. The van der Waals surface area contributed by atoms with E-state index in [-0.39, 0.29) is 23.6 Å². The molecule has 4 rings (SSSR count). The number of nitrogens with one attached hydrogen (secondary N) is 4. The summed E-state index contributed by atoms with van der Waals surface area (Å²) in [6.07, 6.45) is 18.0. The maximum Gasteiger partial charge on any atom is 0.216 e. The van der Waals surface area contributed by atoms with Gasteiger partial charge in [-0.15, -0.1) is 0 Å². The molecule has 0 radical (unpaired) electrons. The van der Waals surface area contributed by atoms with Crippen LogP contribution >= 0.6 is 69.2 Å². The van der Waals surface area contributed by atoms with Crippen LogP contribution in [0, 0.1) is 0 Å². The Morgan fingerprint density at radius 1 is 0.342 bits per heavy atom. The zero-order valence-electron chi connectivity index (χ0n) is 72.2. The van der Waals surface area contributed by atoms with Crippen molar-refractivity contribution in [3.8, 4) is 0 Å². The predicted octanol–water partition coefficient (Wildman–Crippen LogP) is 17.0. The number of rotatable bonds is 54. The molecular formula is C68H128Cl2N24O11S4Si8. The molecule has 4 N–H and O–H groups in total. The van der Waals surface area contributed by atoms with Gasteiger partial charge in [0.15, 0.2) is 85.3 Å². The first kappa shape index (κ1) is 112. The second-order valence-electron chi connectivity index (χ2n) is 31.3. The van der Waals surface area contributed by atoms with Gasteiger partial charge in [-0.05, 0) is 151 Å². The number of carbonyl (C=O) groups is 4. The lowest BCUT2D eigenvalue weighted by Crippen LogP contribution is -2.48. The summed E-state index contributed by atoms with van der Waals surface area (Å²) in [5, 5.41) is 31.3. The minimum absolute atomic E-state index is 0.0160. The highest BCUT2D eigenvalue weighted by molar-refractivity contribution is 8.01. The summed E-state index contributed by atoms with van der Waals surface area (Å²) in [5.41, 5.74) is 36.4. The van der Waals surface area contributed by atoms with Crippen LogP contribution in [0.4, 0.5) is 0 Å². The van der Waals surface area contributed by atoms with Gasteiger partial charge in [0.05, 0.1) is 52.9 Å². The van der Waals surface area contributed by atoms with Crippen molar-refractivity contribution >= 4 is 158 Å². The molecule has 4 heterocycles. The van der Waals surface area contributed by atoms with Crippen molar-refractivity contribution < 1.29 is 50.5 Å². The topological polar surface area (TPSA) is 479 Å². The average Bonchev–Trinajstić information content (AvgIpc) is 0.863. The highest BCUT2D eigenvalue weighted by atomic mass is 35.6. The van der Waals surface area contributed by atoms with E-state index in [4.69, 9.17) is 75.6 Å². The molecule has 0 aliphatic carbocycles. The lowest BCUT2D eigenvalue weighted by atomic mass is 10.4. The zero-order valence-corrected chi connectivity index (χ0v) is 85.0. The van der Waals surface area contributed by atoms with Crippen molar-refractivity contribution in [1.82, 2.24) is 61.1 Å². The molecule has 0 bridgehead atoms. The van der Waals surface area contributed by atoms with Gasteiger partial charge in [-0.3, -0.25) is 19.2 Å². The van der Waals surface area contributed by atoms with Crippen molar-refractivity contribution in [2.24, 2.45) is 20.5 Å². The number of ether oxygens (including phenoxy) is 4. The standard InChI is InChI=1S/C20H32N10O3S2Si2.C17H32N6O3SSi2.C14H32N2O3Si2.C10H16ClN5OSSi.C7H16ClNOSi/c1-36(2,15-34-19-23-9-17(10-24-19)13-31-7-5-27-29-21)33-37(3,4)16-35-20-25-11-18(12-26-20)14-32-8-6-28-30-22;1-15(24)19-7-6-10-28(2,3)26-29(4,5)14-27-17-20-11-16(12-21-17)13-25-9-8-22-23-18;1-13(17)15-9-7-11-20(3,4)19-21(5,6)12-8-10-16-14(2)18;1-19(2,11)8-18-10-13-5-9(6-14-10)7-17-4-3-15-16-12;1-7(10)9-5-4-6-11(2,3)8/h9-12H,5-8,13-16H2,1-4H3;11-12H,6-10,13-14H2,1-5H3,(H,19,24);7-12H2,1-6H3,(H,15,17)(H,16,18);5-6H,3-4,7-8H2,1-2H3;4-6H2,1-3H3,(H,9,10). The summed E-state index contributed by atoms with van der Waals surface area (Å²) in [4.78, 5) is 88.8. The molecule has 0 saturated carbocycles. The Kier molecular flexibility index (Phi) is 60.1. The molecule has 4 aromatic heterocycles. The average molecular weight is 1880 g/mol. The molecule has 0 saturated heterocycles. The molecule has 656 valence electrons. The maximum atomic E-state index is 11.0. The molecule has 0 fully saturated rings. The normalized spacial score (nSPS) is 11.6. The van der Waals surface area contributed by atoms with Crippen LogP contribution in [0.5, 0.6) is 0 Å². The van der Waals surface area contributed by atoms with Gasteiger partial charge in [0.1, 0.15) is 0 Å². The van der Waals surface area contributed by atoms with Gasteiger partial charge < -0.3 is 52.6 Å². The smallest absolute Gasteiger partial charge is 0.216 e. The van der Waals surface area contributed by atoms with Gasteiger partial charge in [-0.2, -0.15) is 22.2 Å². The molecule has 0 spiro atoms. The van der Waals surface area contributed by atoms with E-state index in [1.807, 2.05) is 0 Å². The van der Waals surface area contributed by atoms with E-state index in [0.29, 0.717) is 95.9 Å². The Hall–Kier alpha value is -5.12. The van der Waals surface area contributed by atoms with Crippen molar-refractivity contribution in [2.45, 2.75) is 229 Å². The van der Waals surface area contributed by atoms with Crippen molar-refractivity contribution in [3.05, 3.63) is 114 Å². The molecule has 0 aliphatic heterocycles. The predicted molar refractivity (Wildman–Crippen MR) is 493 cm³/mol. The third-order valence-electron chi connectivity index (χ3n) is 14.6. The summed E-state index contributed by atoms with van der Waals surface area (Å²) in [6, 6.07) is 4.22. The number of carbonyl (C=O) groups excluding carboxylic acids is 4. The molecule has 35 nitrogen and oxygen atoms in total. The summed E-state index contributed by atoms with van der Waals surface area (Å²) in [5.74, 6) is 0.118. The van der Waals surface area contributed by atoms with Gasteiger partial charge in [0.25, 0.3) is 0 Å². The van der Waals surface area contributed by atoms with Crippen LogP contribution in [-0.2, 0) is 76.9 Å². The van der Waals surface area contributed by atoms with Crippen LogP contribution in [0.2, 0.25) is 129 Å². The Balaban J connectivity index is 0.00000151. The summed E-state index contributed by atoms with van der Waals surface area (Å²) >= 11 is 18.7. The fraction of sp³-hybridized carbons (Fsp3) is 0.706. The van der Waals surface area contributed by atoms with Gasteiger partial charge in [-0.1, -0.05) is 93.7 Å². The fourth-order valence-electron chi connectivity index (χ4n) is 9.87. The van der Waals surface area contributed by atoms with E-state index in [2.05, 4.69) is 206 Å². The number of halogens is 2. The highest BCUT2D eigenvalue weighted by Gasteiger charge is 2.36. The maximum absolute atomic E-state index is 11.0. The Bertz CT molecular complexity index is 3540. The molecule has 0 aliphatic rings. The lowest BCUT2D eigenvalue weighted by Gasteiger charge is -2.34. The number of amides is 4. The van der Waals surface area contributed by atoms with Crippen LogP contribution < -0.4 is 21.3 Å². The van der Waals surface area contributed by atoms with Gasteiger partial charge in [0.2, 0.25) is 23.6 Å². The monoisotopic (exact) mass is 1880 g/mol. The molecule has 0 aromatic carbocycles. The van der Waals surface area contributed by atoms with Crippen molar-refractivity contribution in [2.75, 3.05) is 100 Å². The Morgan fingerprint density at radius 2 is 0.547 bits per heavy atom. The highest BCUT2D eigenvalue weighted by Crippen LogP contribution is 2.29. The summed E-state index contributed by atoms with van der Waals surface area (Å²) in [6.45, 7) is 48.7. The van der Waals surface area contributed by atoms with E-state index in [1.165, 1.54) is 6.92 Å². The van der Waals surface area contributed by atoms with Crippen LogP contribution in [0.15, 0.2) is 90.7 Å². The van der Waals surface area contributed by atoms with E-state index in [9.17, 15) is 19.2 Å². The molecular weight excluding hydrogens is 1750 g/mol. The summed E-state index contributed by atoms with van der Waals surface area (Å²) < 4.78 is 41.4. The van der Waals surface area contributed by atoms with Crippen LogP contribution in [-0.4, -0.2) is 228 Å². The Morgan fingerprint density at radius 3 is 0.752 bits per heavy atom. The molecule has 4 amide bonds. The Labute approximate surface area is 727 Å². The lowest BCUT2D eigenvalue weighted by molar-refractivity contribution is -0.119. The minimum atomic E-state index is -1.96. The van der Waals surface area contributed by atoms with Crippen LogP contribution in [0.3, 0.4) is 0 Å². The van der Waals surface area contributed by atoms with E-state index < -0.39 is 64.7 Å². The van der Waals surface area contributed by atoms with E-state index in [0.717, 1.165) is 124 Å². The van der Waals surface area contributed by atoms with Gasteiger partial charge in [0, 0.05) is 193 Å². The van der Waals surface area contributed by atoms with Gasteiger partial charge in [-0.25, -0.2) is 39.9 Å². The molecule has 49 heteroatoms.